The number of likely N-dealkylation sites (N-methyl/N-ethyl adjacent to an activating group) is 1. The Morgan fingerprint density at radius 3 is 2.84 bits per heavy atom. The largest absolute Gasteiger partial charge is 0.355 e. The van der Waals surface area contributed by atoms with Gasteiger partial charge in [-0.2, -0.15) is 0 Å². The van der Waals surface area contributed by atoms with Gasteiger partial charge in [-0.05, 0) is 51.7 Å². The Hall–Kier alpha value is -0.610. The van der Waals surface area contributed by atoms with Crippen LogP contribution in [0.5, 0.6) is 0 Å². The number of rotatable bonds is 8. The summed E-state index contributed by atoms with van der Waals surface area (Å²) in [6.07, 6.45) is 6.15. The molecule has 0 radical (unpaired) electrons. The molecular weight excluding hydrogens is 238 g/mol. The van der Waals surface area contributed by atoms with E-state index in [9.17, 15) is 4.79 Å². The molecule has 1 fully saturated rings. The fraction of sp³-hybridized carbons (Fsp3) is 0.933. The van der Waals surface area contributed by atoms with Crippen LogP contribution < -0.4 is 10.6 Å². The van der Waals surface area contributed by atoms with Crippen molar-refractivity contribution in [3.05, 3.63) is 0 Å². The molecule has 19 heavy (non-hydrogen) atoms. The molecule has 1 aliphatic rings. The lowest BCUT2D eigenvalue weighted by atomic mass is 10.0. The lowest BCUT2D eigenvalue weighted by Crippen LogP contribution is -2.40. The van der Waals surface area contributed by atoms with Gasteiger partial charge in [0.15, 0.2) is 0 Å². The Morgan fingerprint density at radius 1 is 1.42 bits per heavy atom. The molecular formula is C15H31N3O. The van der Waals surface area contributed by atoms with Gasteiger partial charge in [-0.15, -0.1) is 0 Å². The lowest BCUT2D eigenvalue weighted by molar-refractivity contribution is -0.122. The van der Waals surface area contributed by atoms with Crippen LogP contribution in [0.15, 0.2) is 0 Å². The summed E-state index contributed by atoms with van der Waals surface area (Å²) in [6.45, 7) is 7.82. The van der Waals surface area contributed by atoms with Gasteiger partial charge in [-0.25, -0.2) is 0 Å². The van der Waals surface area contributed by atoms with Crippen molar-refractivity contribution in [3.8, 4) is 0 Å². The zero-order valence-corrected chi connectivity index (χ0v) is 12.9. The van der Waals surface area contributed by atoms with E-state index in [1.165, 1.54) is 19.3 Å². The van der Waals surface area contributed by atoms with Crippen LogP contribution in [0.2, 0.25) is 0 Å². The Morgan fingerprint density at radius 2 is 2.21 bits per heavy atom. The van der Waals surface area contributed by atoms with E-state index in [1.807, 2.05) is 7.05 Å². The molecule has 0 bridgehead atoms. The van der Waals surface area contributed by atoms with Gasteiger partial charge in [-0.1, -0.05) is 20.3 Å². The molecule has 1 unspecified atom stereocenters. The third kappa shape index (κ3) is 8.22. The Kier molecular flexibility index (Phi) is 8.07. The highest BCUT2D eigenvalue weighted by Crippen LogP contribution is 2.10. The van der Waals surface area contributed by atoms with E-state index in [0.717, 1.165) is 32.5 Å². The smallest absolute Gasteiger partial charge is 0.234 e. The van der Waals surface area contributed by atoms with Crippen molar-refractivity contribution >= 4 is 5.91 Å². The van der Waals surface area contributed by atoms with Gasteiger partial charge in [0.05, 0.1) is 6.54 Å². The summed E-state index contributed by atoms with van der Waals surface area (Å²) in [6, 6.07) is 0.653. The van der Waals surface area contributed by atoms with E-state index in [0.29, 0.717) is 18.5 Å². The van der Waals surface area contributed by atoms with Crippen molar-refractivity contribution < 1.29 is 4.79 Å². The molecule has 0 spiro atoms. The van der Waals surface area contributed by atoms with Gasteiger partial charge in [0.2, 0.25) is 5.91 Å². The normalized spacial score (nSPS) is 19.9. The number of hydrogen-bond acceptors (Lipinski definition) is 3. The van der Waals surface area contributed by atoms with Gasteiger partial charge in [0.1, 0.15) is 0 Å². The van der Waals surface area contributed by atoms with Crippen molar-refractivity contribution in [2.75, 3.05) is 33.2 Å². The van der Waals surface area contributed by atoms with E-state index in [1.54, 1.807) is 0 Å². The van der Waals surface area contributed by atoms with Crippen LogP contribution in [-0.4, -0.2) is 50.1 Å². The number of nitrogens with one attached hydrogen (secondary N) is 2. The minimum Gasteiger partial charge on any atom is -0.355 e. The molecule has 0 saturated carbocycles. The average molecular weight is 269 g/mol. The molecule has 1 atom stereocenters. The zero-order chi connectivity index (χ0) is 14.1. The van der Waals surface area contributed by atoms with Crippen LogP contribution in [0.4, 0.5) is 0 Å². The lowest BCUT2D eigenvalue weighted by Gasteiger charge is -2.25. The molecule has 0 aromatic carbocycles. The average Bonchev–Trinajstić information content (AvgIpc) is 2.37. The number of carbonyl (C=O) groups is 1. The first-order valence-electron chi connectivity index (χ1n) is 7.76. The maximum Gasteiger partial charge on any atom is 0.234 e. The summed E-state index contributed by atoms with van der Waals surface area (Å²) in [5.41, 5.74) is 0. The summed E-state index contributed by atoms with van der Waals surface area (Å²) >= 11 is 0. The SMILES string of the molecule is CC(C)CCNC(=O)CN(C)CCC1CCCCN1. The number of hydrogen-bond donors (Lipinski definition) is 2. The van der Waals surface area contributed by atoms with E-state index in [2.05, 4.69) is 29.4 Å². The molecule has 4 nitrogen and oxygen atoms in total. The van der Waals surface area contributed by atoms with Gasteiger partial charge >= 0.3 is 0 Å². The first-order chi connectivity index (χ1) is 9.08. The molecule has 0 aromatic rings. The Balaban J connectivity index is 2.05. The maximum absolute atomic E-state index is 11.7. The number of amides is 1. The number of nitrogens with zero attached hydrogens (tertiary/aromatic N) is 1. The summed E-state index contributed by atoms with van der Waals surface area (Å²) in [7, 11) is 2.03. The predicted octanol–water partition coefficient (Wildman–Crippen LogP) is 1.61. The Bertz CT molecular complexity index is 250. The van der Waals surface area contributed by atoms with Gasteiger partial charge in [0, 0.05) is 12.6 Å². The molecule has 0 aromatic heterocycles. The molecule has 2 N–H and O–H groups in total. The molecule has 1 saturated heterocycles. The van der Waals surface area contributed by atoms with Gasteiger partial charge in [0.25, 0.3) is 0 Å². The third-order valence-corrected chi connectivity index (χ3v) is 3.73. The van der Waals surface area contributed by atoms with Crippen LogP contribution >= 0.6 is 0 Å². The van der Waals surface area contributed by atoms with Crippen molar-refractivity contribution in [3.63, 3.8) is 0 Å². The molecule has 1 rings (SSSR count). The predicted molar refractivity (Wildman–Crippen MR) is 80.2 cm³/mol. The summed E-state index contributed by atoms with van der Waals surface area (Å²) in [4.78, 5) is 13.8. The number of carbonyl (C=O) groups excluding carboxylic acids is 1. The fourth-order valence-electron chi connectivity index (χ4n) is 2.43. The van der Waals surface area contributed by atoms with E-state index < -0.39 is 0 Å². The van der Waals surface area contributed by atoms with E-state index >= 15 is 0 Å². The quantitative estimate of drug-likeness (QED) is 0.704. The summed E-state index contributed by atoms with van der Waals surface area (Å²) in [5, 5.41) is 6.53. The highest BCUT2D eigenvalue weighted by molar-refractivity contribution is 5.77. The number of piperidine rings is 1. The Labute approximate surface area is 118 Å². The van der Waals surface area contributed by atoms with Crippen molar-refractivity contribution in [1.82, 2.24) is 15.5 Å². The summed E-state index contributed by atoms with van der Waals surface area (Å²) < 4.78 is 0. The van der Waals surface area contributed by atoms with Gasteiger partial charge in [-0.3, -0.25) is 9.69 Å². The van der Waals surface area contributed by atoms with E-state index in [-0.39, 0.29) is 5.91 Å². The molecule has 1 amide bonds. The first kappa shape index (κ1) is 16.4. The molecule has 4 heteroatoms. The maximum atomic E-state index is 11.7. The van der Waals surface area contributed by atoms with Crippen molar-refractivity contribution in [2.45, 2.75) is 52.0 Å². The molecule has 112 valence electrons. The second-order valence-corrected chi connectivity index (χ2v) is 6.21. The van der Waals surface area contributed by atoms with Crippen LogP contribution in [0.3, 0.4) is 0 Å². The van der Waals surface area contributed by atoms with Gasteiger partial charge < -0.3 is 10.6 Å². The molecule has 1 heterocycles. The van der Waals surface area contributed by atoms with Crippen LogP contribution in [0.25, 0.3) is 0 Å². The fourth-order valence-corrected chi connectivity index (χ4v) is 2.43. The highest BCUT2D eigenvalue weighted by atomic mass is 16.2. The monoisotopic (exact) mass is 269 g/mol. The van der Waals surface area contributed by atoms with Crippen molar-refractivity contribution in [1.29, 1.82) is 0 Å². The topological polar surface area (TPSA) is 44.4 Å². The highest BCUT2D eigenvalue weighted by Gasteiger charge is 2.13. The van der Waals surface area contributed by atoms with Crippen molar-refractivity contribution in [2.24, 2.45) is 5.92 Å². The van der Waals surface area contributed by atoms with Crippen LogP contribution in [0, 0.1) is 5.92 Å². The second kappa shape index (κ2) is 9.32. The minimum atomic E-state index is 0.153. The molecule has 0 aliphatic carbocycles. The molecule has 1 aliphatic heterocycles. The standard InChI is InChI=1S/C15H31N3O/c1-13(2)7-10-17-15(19)12-18(3)11-8-14-6-4-5-9-16-14/h13-14,16H,4-12H2,1-3H3,(H,17,19). The second-order valence-electron chi connectivity index (χ2n) is 6.21. The first-order valence-corrected chi connectivity index (χ1v) is 7.76. The minimum absolute atomic E-state index is 0.153. The van der Waals surface area contributed by atoms with E-state index in [4.69, 9.17) is 0 Å². The van der Waals surface area contributed by atoms with Crippen LogP contribution in [0.1, 0.15) is 46.0 Å². The summed E-state index contributed by atoms with van der Waals surface area (Å²) in [5.74, 6) is 0.801. The van der Waals surface area contributed by atoms with Crippen LogP contribution in [-0.2, 0) is 4.79 Å². The zero-order valence-electron chi connectivity index (χ0n) is 12.9. The third-order valence-electron chi connectivity index (χ3n) is 3.73.